The van der Waals surface area contributed by atoms with Gasteiger partial charge in [-0.2, -0.15) is 11.8 Å². The van der Waals surface area contributed by atoms with Crippen LogP contribution in [0.25, 0.3) is 0 Å². The molecule has 0 bridgehead atoms. The van der Waals surface area contributed by atoms with E-state index in [1.165, 1.54) is 6.07 Å². The van der Waals surface area contributed by atoms with Crippen molar-refractivity contribution in [3.8, 4) is 0 Å². The Morgan fingerprint density at radius 3 is 2.57 bits per heavy atom. The van der Waals surface area contributed by atoms with Gasteiger partial charge in [0, 0.05) is 27.4 Å². The molecule has 4 rings (SSSR count). The van der Waals surface area contributed by atoms with E-state index in [4.69, 9.17) is 11.6 Å². The summed E-state index contributed by atoms with van der Waals surface area (Å²) in [6.07, 6.45) is 4.46. The quantitative estimate of drug-likeness (QED) is 0.676. The van der Waals surface area contributed by atoms with Crippen molar-refractivity contribution in [3.05, 3.63) is 64.2 Å². The first-order valence-corrected chi connectivity index (χ1v) is 11.9. The highest BCUT2D eigenvalue weighted by Crippen LogP contribution is 2.53. The molecule has 2 aromatic rings. The molecule has 2 atom stereocenters. The number of thioether (sulfide) groups is 1. The van der Waals surface area contributed by atoms with Gasteiger partial charge >= 0.3 is 0 Å². The molecular weight excluding hydrogens is 426 g/mol. The van der Waals surface area contributed by atoms with Crippen LogP contribution in [0.15, 0.2) is 36.4 Å². The van der Waals surface area contributed by atoms with Crippen molar-refractivity contribution in [2.45, 2.75) is 42.9 Å². The Hall–Kier alpha value is -1.63. The molecule has 1 amide bonds. The number of fused-ring (bicyclic) bond motifs is 2. The van der Waals surface area contributed by atoms with Gasteiger partial charge in [-0.15, -0.1) is 0 Å². The summed E-state index contributed by atoms with van der Waals surface area (Å²) in [5.41, 5.74) is 0.950. The molecule has 1 unspecified atom stereocenters. The molecule has 2 aromatic carbocycles. The number of nitrogens with one attached hydrogen (secondary N) is 1. The molecule has 2 aliphatic rings. The van der Waals surface area contributed by atoms with Crippen LogP contribution in [0.2, 0.25) is 5.02 Å². The number of halogens is 3. The number of rotatable bonds is 4. The van der Waals surface area contributed by atoms with Gasteiger partial charge < -0.3 is 10.2 Å². The van der Waals surface area contributed by atoms with Gasteiger partial charge in [-0.3, -0.25) is 4.79 Å². The average Bonchev–Trinajstić information content (AvgIpc) is 2.97. The molecule has 3 nitrogen and oxygen atoms in total. The fourth-order valence-electron chi connectivity index (χ4n) is 5.00. The molecule has 1 fully saturated rings. The van der Waals surface area contributed by atoms with Gasteiger partial charge in [-0.1, -0.05) is 24.6 Å². The second-order valence-corrected chi connectivity index (χ2v) is 9.85. The Kier molecular flexibility index (Phi) is 6.11. The molecule has 7 heteroatoms. The monoisotopic (exact) mass is 450 g/mol. The minimum Gasteiger partial charge on any atom is -0.317 e. The fourth-order valence-corrected chi connectivity index (χ4v) is 5.55. The van der Waals surface area contributed by atoms with E-state index in [0.717, 1.165) is 50.0 Å². The summed E-state index contributed by atoms with van der Waals surface area (Å²) in [6.45, 7) is 3.78. The van der Waals surface area contributed by atoms with E-state index >= 15 is 0 Å². The van der Waals surface area contributed by atoms with Crippen LogP contribution in [-0.2, 0) is 5.41 Å². The minimum atomic E-state index is -0.835. The largest absolute Gasteiger partial charge is 0.317 e. The lowest BCUT2D eigenvalue weighted by molar-refractivity contribution is 0.0953. The van der Waals surface area contributed by atoms with Crippen LogP contribution in [0, 0.1) is 11.6 Å². The van der Waals surface area contributed by atoms with Gasteiger partial charge in [-0.25, -0.2) is 8.78 Å². The Morgan fingerprint density at radius 2 is 1.93 bits per heavy atom. The van der Waals surface area contributed by atoms with Crippen LogP contribution >= 0.6 is 23.4 Å². The number of carbonyl (C=O) groups is 1. The van der Waals surface area contributed by atoms with Gasteiger partial charge in [0.1, 0.15) is 17.2 Å². The zero-order valence-corrected chi connectivity index (χ0v) is 18.6. The van der Waals surface area contributed by atoms with Crippen molar-refractivity contribution in [3.63, 3.8) is 0 Å². The normalized spacial score (nSPS) is 21.0. The van der Waals surface area contributed by atoms with Crippen molar-refractivity contribution in [2.24, 2.45) is 0 Å². The summed E-state index contributed by atoms with van der Waals surface area (Å²) in [5, 5.41) is 4.29. The van der Waals surface area contributed by atoms with E-state index < -0.39 is 23.1 Å². The second-order valence-electron chi connectivity index (χ2n) is 8.14. The zero-order valence-electron chi connectivity index (χ0n) is 17.1. The lowest BCUT2D eigenvalue weighted by Crippen LogP contribution is -2.53. The standard InChI is InChI=1S/C23H25ClF2N2OS/c1-14(30-2)12-20-23(8-10-27-11-9-23)16-13-15(24)6-7-19(16)28(20)22(29)21-17(25)4-3-5-18(21)26/h3-7,13-14,20,27H,8-12H2,1-2H3/t14-,20?/m1/s1. The molecule has 1 spiro atoms. The topological polar surface area (TPSA) is 32.3 Å². The fraction of sp³-hybridized carbons (Fsp3) is 0.435. The zero-order chi connectivity index (χ0) is 21.5. The number of hydrogen-bond acceptors (Lipinski definition) is 3. The number of nitrogens with zero attached hydrogens (tertiary/aromatic N) is 1. The van der Waals surface area contributed by atoms with Crippen LogP contribution < -0.4 is 10.2 Å². The molecule has 0 aromatic heterocycles. The molecule has 0 aliphatic carbocycles. The number of hydrogen-bond donors (Lipinski definition) is 1. The second kappa shape index (κ2) is 8.48. The first kappa shape index (κ1) is 21.6. The first-order chi connectivity index (χ1) is 14.4. The van der Waals surface area contributed by atoms with E-state index in [1.54, 1.807) is 22.7 Å². The van der Waals surface area contributed by atoms with E-state index in [-0.39, 0.29) is 16.7 Å². The Balaban J connectivity index is 1.90. The third-order valence-corrected chi connectivity index (χ3v) is 7.79. The predicted molar refractivity (Wildman–Crippen MR) is 120 cm³/mol. The molecular formula is C23H25ClF2N2OS. The number of piperidine rings is 1. The van der Waals surface area contributed by atoms with Gasteiger partial charge in [0.25, 0.3) is 5.91 Å². The summed E-state index contributed by atoms with van der Waals surface area (Å²) >= 11 is 8.09. The van der Waals surface area contributed by atoms with E-state index in [2.05, 4.69) is 12.2 Å². The van der Waals surface area contributed by atoms with Crippen molar-refractivity contribution < 1.29 is 13.6 Å². The molecule has 0 radical (unpaired) electrons. The molecule has 1 saturated heterocycles. The van der Waals surface area contributed by atoms with Crippen molar-refractivity contribution in [1.29, 1.82) is 0 Å². The smallest absolute Gasteiger partial charge is 0.264 e. The van der Waals surface area contributed by atoms with Crippen molar-refractivity contribution in [1.82, 2.24) is 5.32 Å². The first-order valence-electron chi connectivity index (χ1n) is 10.2. The lowest BCUT2D eigenvalue weighted by Gasteiger charge is -2.42. The summed E-state index contributed by atoms with van der Waals surface area (Å²) in [7, 11) is 0. The van der Waals surface area contributed by atoms with Gasteiger partial charge in [-0.05, 0) is 74.5 Å². The molecule has 2 aliphatic heterocycles. The number of amides is 1. The number of anilines is 1. The van der Waals surface area contributed by atoms with Crippen molar-refractivity contribution >= 4 is 35.0 Å². The van der Waals surface area contributed by atoms with E-state index in [1.807, 2.05) is 18.4 Å². The number of benzene rings is 2. The third kappa shape index (κ3) is 3.53. The maximum Gasteiger partial charge on any atom is 0.264 e. The highest BCUT2D eigenvalue weighted by atomic mass is 35.5. The maximum atomic E-state index is 14.6. The average molecular weight is 451 g/mol. The predicted octanol–water partition coefficient (Wildman–Crippen LogP) is 5.41. The SMILES string of the molecule is CS[C@H](C)CC1N(C(=O)c2c(F)cccc2F)c2ccc(Cl)cc2C12CCNCC2. The van der Waals surface area contributed by atoms with E-state index in [0.29, 0.717) is 10.7 Å². The van der Waals surface area contributed by atoms with Gasteiger partial charge in [0.05, 0.1) is 0 Å². The molecule has 30 heavy (non-hydrogen) atoms. The summed E-state index contributed by atoms with van der Waals surface area (Å²) in [4.78, 5) is 15.3. The number of carbonyl (C=O) groups excluding carboxylic acids is 1. The summed E-state index contributed by atoms with van der Waals surface area (Å²) in [5.74, 6) is -2.29. The van der Waals surface area contributed by atoms with Crippen LogP contribution in [0.3, 0.4) is 0 Å². The van der Waals surface area contributed by atoms with Crippen molar-refractivity contribution in [2.75, 3.05) is 24.2 Å². The van der Waals surface area contributed by atoms with E-state index in [9.17, 15) is 13.6 Å². The van der Waals surface area contributed by atoms with Crippen LogP contribution in [0.5, 0.6) is 0 Å². The molecule has 160 valence electrons. The minimum absolute atomic E-state index is 0.193. The summed E-state index contributed by atoms with van der Waals surface area (Å²) < 4.78 is 29.1. The maximum absolute atomic E-state index is 14.6. The van der Waals surface area contributed by atoms with Crippen LogP contribution in [-0.4, -0.2) is 36.5 Å². The molecule has 2 heterocycles. The lowest BCUT2D eigenvalue weighted by atomic mass is 9.68. The molecule has 1 N–H and O–H groups in total. The molecule has 0 saturated carbocycles. The third-order valence-electron chi connectivity index (χ3n) is 6.55. The highest BCUT2D eigenvalue weighted by Gasteiger charge is 2.53. The Labute approximate surface area is 185 Å². The summed E-state index contributed by atoms with van der Waals surface area (Å²) in [6, 6.07) is 8.85. The highest BCUT2D eigenvalue weighted by molar-refractivity contribution is 7.99. The van der Waals surface area contributed by atoms with Crippen LogP contribution in [0.4, 0.5) is 14.5 Å². The van der Waals surface area contributed by atoms with Crippen LogP contribution in [0.1, 0.15) is 42.1 Å². The van der Waals surface area contributed by atoms with Gasteiger partial charge in [0.2, 0.25) is 0 Å². The van der Waals surface area contributed by atoms with Gasteiger partial charge in [0.15, 0.2) is 0 Å². The Morgan fingerprint density at radius 1 is 1.27 bits per heavy atom. The Bertz CT molecular complexity index is 944.